The van der Waals surface area contributed by atoms with Gasteiger partial charge in [-0.25, -0.2) is 0 Å². The third kappa shape index (κ3) is 4.59. The minimum absolute atomic E-state index is 0.0111. The molecule has 0 saturated heterocycles. The van der Waals surface area contributed by atoms with Gasteiger partial charge in [-0.3, -0.25) is 4.79 Å². The summed E-state index contributed by atoms with van der Waals surface area (Å²) in [6.07, 6.45) is 3.11. The Hall–Kier alpha value is -2.37. The number of nitrogens with zero attached hydrogens (tertiary/aromatic N) is 2. The maximum Gasteiger partial charge on any atom is 0.227 e. The zero-order valence-electron chi connectivity index (χ0n) is 15.0. The van der Waals surface area contributed by atoms with Gasteiger partial charge in [0, 0.05) is 18.8 Å². The van der Waals surface area contributed by atoms with Crippen LogP contribution in [0.1, 0.15) is 62.3 Å². The molecule has 1 aromatic carbocycles. The number of amides is 1. The van der Waals surface area contributed by atoms with Gasteiger partial charge >= 0.3 is 0 Å². The highest BCUT2D eigenvalue weighted by molar-refractivity contribution is 5.76. The van der Waals surface area contributed by atoms with Crippen LogP contribution in [0.25, 0.3) is 0 Å². The molecule has 1 aromatic heterocycles. The molecule has 0 unspecified atom stereocenters. The minimum atomic E-state index is 0.0111. The standard InChI is InChI=1S/C19H25N3O3/c1-12(2)19-21-17(25-22-19)11-10-16(23)20-18(13-4-5-13)14-6-8-15(24-3)9-7-14/h6-9,12-13,18H,4-5,10-11H2,1-3H3,(H,20,23)/t18-/m0/s1. The smallest absolute Gasteiger partial charge is 0.227 e. The first kappa shape index (κ1) is 17.5. The van der Waals surface area contributed by atoms with Crippen molar-refractivity contribution in [3.63, 3.8) is 0 Å². The number of carbonyl (C=O) groups is 1. The van der Waals surface area contributed by atoms with Crippen LogP contribution in [0.5, 0.6) is 5.75 Å². The number of hydrogen-bond acceptors (Lipinski definition) is 5. The Balaban J connectivity index is 1.57. The number of rotatable bonds is 8. The van der Waals surface area contributed by atoms with Gasteiger partial charge in [-0.15, -0.1) is 0 Å². The van der Waals surface area contributed by atoms with E-state index in [0.717, 1.165) is 24.2 Å². The second kappa shape index (κ2) is 7.68. The predicted molar refractivity (Wildman–Crippen MR) is 93.3 cm³/mol. The first-order valence-corrected chi connectivity index (χ1v) is 8.82. The summed E-state index contributed by atoms with van der Waals surface area (Å²) >= 11 is 0. The lowest BCUT2D eigenvalue weighted by Crippen LogP contribution is -2.30. The fourth-order valence-electron chi connectivity index (χ4n) is 2.78. The molecule has 1 N–H and O–H groups in total. The first-order valence-electron chi connectivity index (χ1n) is 8.82. The topological polar surface area (TPSA) is 77.2 Å². The summed E-state index contributed by atoms with van der Waals surface area (Å²) in [6, 6.07) is 7.97. The number of nitrogens with one attached hydrogen (secondary N) is 1. The highest BCUT2D eigenvalue weighted by Crippen LogP contribution is 2.41. The van der Waals surface area contributed by atoms with Crippen molar-refractivity contribution in [3.8, 4) is 5.75 Å². The van der Waals surface area contributed by atoms with Gasteiger partial charge in [0.25, 0.3) is 0 Å². The summed E-state index contributed by atoms with van der Waals surface area (Å²) in [7, 11) is 1.65. The maximum atomic E-state index is 12.4. The van der Waals surface area contributed by atoms with Crippen molar-refractivity contribution < 1.29 is 14.1 Å². The van der Waals surface area contributed by atoms with Crippen LogP contribution < -0.4 is 10.1 Å². The summed E-state index contributed by atoms with van der Waals surface area (Å²) in [4.78, 5) is 16.7. The van der Waals surface area contributed by atoms with E-state index < -0.39 is 0 Å². The fourth-order valence-corrected chi connectivity index (χ4v) is 2.78. The van der Waals surface area contributed by atoms with Gasteiger partial charge in [-0.05, 0) is 36.5 Å². The lowest BCUT2D eigenvalue weighted by Gasteiger charge is -2.19. The van der Waals surface area contributed by atoms with Crippen LogP contribution >= 0.6 is 0 Å². The lowest BCUT2D eigenvalue weighted by molar-refractivity contribution is -0.122. The van der Waals surface area contributed by atoms with E-state index in [-0.39, 0.29) is 17.9 Å². The fraction of sp³-hybridized carbons (Fsp3) is 0.526. The molecule has 6 heteroatoms. The summed E-state index contributed by atoms with van der Waals surface area (Å²) in [6.45, 7) is 4.02. The maximum absolute atomic E-state index is 12.4. The van der Waals surface area contributed by atoms with Gasteiger partial charge in [0.05, 0.1) is 13.2 Å². The monoisotopic (exact) mass is 343 g/mol. The second-order valence-electron chi connectivity index (χ2n) is 6.86. The van der Waals surface area contributed by atoms with E-state index in [1.54, 1.807) is 7.11 Å². The Bertz CT molecular complexity index is 705. The van der Waals surface area contributed by atoms with Crippen molar-refractivity contribution in [1.82, 2.24) is 15.5 Å². The minimum Gasteiger partial charge on any atom is -0.497 e. The molecule has 1 heterocycles. The Morgan fingerprint density at radius 2 is 2.04 bits per heavy atom. The summed E-state index contributed by atoms with van der Waals surface area (Å²) in [5.74, 6) is 2.78. The molecule has 1 amide bonds. The van der Waals surface area contributed by atoms with Gasteiger partial charge in [0.1, 0.15) is 5.75 Å². The summed E-state index contributed by atoms with van der Waals surface area (Å²) in [5.41, 5.74) is 1.12. The summed E-state index contributed by atoms with van der Waals surface area (Å²) in [5, 5.41) is 7.09. The molecular formula is C19H25N3O3. The van der Waals surface area contributed by atoms with Crippen LogP contribution in [-0.2, 0) is 11.2 Å². The van der Waals surface area contributed by atoms with Crippen molar-refractivity contribution >= 4 is 5.91 Å². The zero-order chi connectivity index (χ0) is 17.8. The Kier molecular flexibility index (Phi) is 5.36. The zero-order valence-corrected chi connectivity index (χ0v) is 15.0. The van der Waals surface area contributed by atoms with Gasteiger partial charge < -0.3 is 14.6 Å². The molecule has 1 atom stereocenters. The Labute approximate surface area is 148 Å². The van der Waals surface area contributed by atoms with E-state index in [2.05, 4.69) is 15.5 Å². The van der Waals surface area contributed by atoms with Crippen LogP contribution in [-0.4, -0.2) is 23.2 Å². The molecule has 134 valence electrons. The highest BCUT2D eigenvalue weighted by atomic mass is 16.5. The molecule has 0 spiro atoms. The molecule has 0 aliphatic heterocycles. The molecule has 1 aliphatic rings. The molecule has 2 aromatic rings. The molecular weight excluding hydrogens is 318 g/mol. The highest BCUT2D eigenvalue weighted by Gasteiger charge is 2.33. The third-order valence-electron chi connectivity index (χ3n) is 4.45. The Morgan fingerprint density at radius 3 is 2.60 bits per heavy atom. The van der Waals surface area contributed by atoms with E-state index in [9.17, 15) is 4.79 Å². The number of aryl methyl sites for hydroxylation is 1. The quantitative estimate of drug-likeness (QED) is 0.795. The molecule has 0 radical (unpaired) electrons. The van der Waals surface area contributed by atoms with Crippen molar-refractivity contribution in [3.05, 3.63) is 41.5 Å². The lowest BCUT2D eigenvalue weighted by atomic mass is 10.0. The van der Waals surface area contributed by atoms with Crippen molar-refractivity contribution in [2.75, 3.05) is 7.11 Å². The van der Waals surface area contributed by atoms with Crippen LogP contribution in [0.3, 0.4) is 0 Å². The van der Waals surface area contributed by atoms with E-state index in [4.69, 9.17) is 9.26 Å². The largest absolute Gasteiger partial charge is 0.497 e. The molecule has 6 nitrogen and oxygen atoms in total. The number of aromatic nitrogens is 2. The average molecular weight is 343 g/mol. The van der Waals surface area contributed by atoms with Crippen molar-refractivity contribution in [2.24, 2.45) is 5.92 Å². The number of ether oxygens (including phenoxy) is 1. The van der Waals surface area contributed by atoms with Crippen LogP contribution in [0, 0.1) is 5.92 Å². The Morgan fingerprint density at radius 1 is 1.32 bits per heavy atom. The van der Waals surface area contributed by atoms with E-state index in [1.165, 1.54) is 0 Å². The van der Waals surface area contributed by atoms with E-state index in [0.29, 0.717) is 30.5 Å². The molecule has 3 rings (SSSR count). The molecule has 0 bridgehead atoms. The van der Waals surface area contributed by atoms with Crippen molar-refractivity contribution in [2.45, 2.75) is 51.5 Å². The number of hydrogen-bond donors (Lipinski definition) is 1. The number of methoxy groups -OCH3 is 1. The SMILES string of the molecule is COc1ccc([C@@H](NC(=O)CCc2nc(C(C)C)no2)C2CC2)cc1. The second-order valence-corrected chi connectivity index (χ2v) is 6.86. The molecule has 25 heavy (non-hydrogen) atoms. The van der Waals surface area contributed by atoms with Crippen LogP contribution in [0.4, 0.5) is 0 Å². The third-order valence-corrected chi connectivity index (χ3v) is 4.45. The van der Waals surface area contributed by atoms with Crippen LogP contribution in [0.2, 0.25) is 0 Å². The number of benzene rings is 1. The van der Waals surface area contributed by atoms with E-state index >= 15 is 0 Å². The van der Waals surface area contributed by atoms with E-state index in [1.807, 2.05) is 38.1 Å². The molecule has 1 saturated carbocycles. The predicted octanol–water partition coefficient (Wildman–Crippen LogP) is 3.40. The molecule has 1 aliphatic carbocycles. The molecule has 1 fully saturated rings. The summed E-state index contributed by atoms with van der Waals surface area (Å²) < 4.78 is 10.4. The normalized spacial score (nSPS) is 15.2. The average Bonchev–Trinajstić information content (AvgIpc) is 3.34. The first-order chi connectivity index (χ1) is 12.1. The van der Waals surface area contributed by atoms with Crippen LogP contribution in [0.15, 0.2) is 28.8 Å². The van der Waals surface area contributed by atoms with Gasteiger partial charge in [-0.2, -0.15) is 4.98 Å². The van der Waals surface area contributed by atoms with Gasteiger partial charge in [-0.1, -0.05) is 31.1 Å². The van der Waals surface area contributed by atoms with Gasteiger partial charge in [0.15, 0.2) is 5.82 Å². The van der Waals surface area contributed by atoms with Gasteiger partial charge in [0.2, 0.25) is 11.8 Å². The van der Waals surface area contributed by atoms with Crippen molar-refractivity contribution in [1.29, 1.82) is 0 Å². The number of carbonyl (C=O) groups excluding carboxylic acids is 1.